The highest BCUT2D eigenvalue weighted by molar-refractivity contribution is 5.79. The minimum Gasteiger partial charge on any atom is -0.381 e. The van der Waals surface area contributed by atoms with Crippen molar-refractivity contribution < 1.29 is 9.53 Å². The number of nitrogens with two attached hydrogens (primary N) is 1. The van der Waals surface area contributed by atoms with E-state index in [9.17, 15) is 4.79 Å². The van der Waals surface area contributed by atoms with Crippen molar-refractivity contribution in [3.05, 3.63) is 0 Å². The molecule has 0 radical (unpaired) electrons. The summed E-state index contributed by atoms with van der Waals surface area (Å²) in [6.45, 7) is 0.770. The predicted molar refractivity (Wildman–Crippen MR) is 66.5 cm³/mol. The molecule has 2 aliphatic rings. The molecule has 0 aromatic carbocycles. The van der Waals surface area contributed by atoms with Crippen molar-refractivity contribution in [2.75, 3.05) is 13.7 Å². The van der Waals surface area contributed by atoms with E-state index in [1.54, 1.807) is 7.11 Å². The van der Waals surface area contributed by atoms with Crippen LogP contribution in [0.4, 0.5) is 0 Å². The third-order valence-corrected chi connectivity index (χ3v) is 4.33. The first-order chi connectivity index (χ1) is 8.22. The Balaban J connectivity index is 1.67. The molecule has 0 bridgehead atoms. The molecule has 0 spiro atoms. The molecule has 4 nitrogen and oxygen atoms in total. The monoisotopic (exact) mass is 240 g/mol. The van der Waals surface area contributed by atoms with E-state index < -0.39 is 0 Å². The summed E-state index contributed by atoms with van der Waals surface area (Å²) in [5.74, 6) is 1.11. The number of carbonyl (C=O) groups excluding carboxylic acids is 1. The van der Waals surface area contributed by atoms with Crippen LogP contribution in [0.15, 0.2) is 0 Å². The molecule has 2 fully saturated rings. The van der Waals surface area contributed by atoms with Crippen LogP contribution in [0.25, 0.3) is 0 Å². The standard InChI is InChI=1S/C13H24N2O2/c1-17-12-6-11(7-12)15-13(16)10-4-2-9(8-14)3-5-10/h9-12H,2-8,14H2,1H3,(H,15,16). The van der Waals surface area contributed by atoms with E-state index in [1.165, 1.54) is 0 Å². The van der Waals surface area contributed by atoms with Gasteiger partial charge in [-0.15, -0.1) is 0 Å². The SMILES string of the molecule is COC1CC(NC(=O)C2CCC(CN)CC2)C1. The zero-order valence-corrected chi connectivity index (χ0v) is 10.7. The Morgan fingerprint density at radius 2 is 1.94 bits per heavy atom. The van der Waals surface area contributed by atoms with Crippen molar-refractivity contribution in [2.24, 2.45) is 17.6 Å². The molecular formula is C13H24N2O2. The topological polar surface area (TPSA) is 64.3 Å². The Morgan fingerprint density at radius 1 is 1.29 bits per heavy atom. The molecule has 0 unspecified atom stereocenters. The largest absolute Gasteiger partial charge is 0.381 e. The van der Waals surface area contributed by atoms with Crippen LogP contribution < -0.4 is 11.1 Å². The van der Waals surface area contributed by atoms with Crippen LogP contribution >= 0.6 is 0 Å². The zero-order valence-electron chi connectivity index (χ0n) is 10.7. The fourth-order valence-corrected chi connectivity index (χ4v) is 2.86. The number of carbonyl (C=O) groups is 1. The summed E-state index contributed by atoms with van der Waals surface area (Å²) in [4.78, 5) is 12.0. The first-order valence-electron chi connectivity index (χ1n) is 6.76. The van der Waals surface area contributed by atoms with Crippen LogP contribution in [0, 0.1) is 11.8 Å². The van der Waals surface area contributed by atoms with E-state index in [-0.39, 0.29) is 11.8 Å². The molecule has 98 valence electrons. The van der Waals surface area contributed by atoms with E-state index >= 15 is 0 Å². The summed E-state index contributed by atoms with van der Waals surface area (Å²) < 4.78 is 5.21. The van der Waals surface area contributed by atoms with Crippen molar-refractivity contribution >= 4 is 5.91 Å². The highest BCUT2D eigenvalue weighted by atomic mass is 16.5. The van der Waals surface area contributed by atoms with E-state index in [0.29, 0.717) is 18.1 Å². The molecule has 1 amide bonds. The number of rotatable bonds is 4. The minimum atomic E-state index is 0.222. The molecule has 2 saturated carbocycles. The van der Waals surface area contributed by atoms with Gasteiger partial charge in [0.15, 0.2) is 0 Å². The van der Waals surface area contributed by atoms with E-state index in [0.717, 1.165) is 45.1 Å². The van der Waals surface area contributed by atoms with Gasteiger partial charge in [-0.25, -0.2) is 0 Å². The summed E-state index contributed by atoms with van der Waals surface area (Å²) in [6.07, 6.45) is 6.54. The first-order valence-corrected chi connectivity index (χ1v) is 6.76. The number of nitrogens with one attached hydrogen (secondary N) is 1. The average molecular weight is 240 g/mol. The van der Waals surface area contributed by atoms with Gasteiger partial charge >= 0.3 is 0 Å². The molecule has 0 aliphatic heterocycles. The van der Waals surface area contributed by atoms with Gasteiger partial charge in [0, 0.05) is 19.1 Å². The van der Waals surface area contributed by atoms with E-state index in [1.807, 2.05) is 0 Å². The van der Waals surface area contributed by atoms with Crippen LogP contribution in [0.5, 0.6) is 0 Å². The van der Waals surface area contributed by atoms with Gasteiger partial charge in [0.1, 0.15) is 0 Å². The lowest BCUT2D eigenvalue weighted by Crippen LogP contribution is -2.49. The molecule has 0 aromatic heterocycles. The van der Waals surface area contributed by atoms with Crippen LogP contribution in [-0.2, 0) is 9.53 Å². The summed E-state index contributed by atoms with van der Waals surface area (Å²) in [5.41, 5.74) is 5.65. The molecule has 0 atom stereocenters. The van der Waals surface area contributed by atoms with Gasteiger partial charge < -0.3 is 15.8 Å². The highest BCUT2D eigenvalue weighted by Crippen LogP contribution is 2.29. The van der Waals surface area contributed by atoms with Crippen molar-refractivity contribution in [3.8, 4) is 0 Å². The van der Waals surface area contributed by atoms with Gasteiger partial charge in [-0.2, -0.15) is 0 Å². The first kappa shape index (κ1) is 12.8. The molecular weight excluding hydrogens is 216 g/mol. The molecule has 4 heteroatoms. The van der Waals surface area contributed by atoms with Crippen molar-refractivity contribution in [1.29, 1.82) is 0 Å². The number of methoxy groups -OCH3 is 1. The summed E-state index contributed by atoms with van der Waals surface area (Å²) >= 11 is 0. The quantitative estimate of drug-likeness (QED) is 0.772. The van der Waals surface area contributed by atoms with Gasteiger partial charge in [0.25, 0.3) is 0 Å². The molecule has 0 saturated heterocycles. The van der Waals surface area contributed by atoms with Crippen molar-refractivity contribution in [2.45, 2.75) is 50.7 Å². The highest BCUT2D eigenvalue weighted by Gasteiger charge is 2.33. The molecule has 0 heterocycles. The number of amides is 1. The maximum atomic E-state index is 12.0. The van der Waals surface area contributed by atoms with Crippen molar-refractivity contribution in [1.82, 2.24) is 5.32 Å². The average Bonchev–Trinajstić information content (AvgIpc) is 2.33. The Hall–Kier alpha value is -0.610. The van der Waals surface area contributed by atoms with Gasteiger partial charge in [-0.3, -0.25) is 4.79 Å². The minimum absolute atomic E-state index is 0.222. The Labute approximate surface area is 103 Å². The summed E-state index contributed by atoms with van der Waals surface area (Å²) in [7, 11) is 1.73. The zero-order chi connectivity index (χ0) is 12.3. The van der Waals surface area contributed by atoms with Gasteiger partial charge in [-0.1, -0.05) is 0 Å². The van der Waals surface area contributed by atoms with Crippen LogP contribution in [0.1, 0.15) is 38.5 Å². The normalized spacial score (nSPS) is 37.3. The molecule has 2 aliphatic carbocycles. The third kappa shape index (κ3) is 3.19. The fourth-order valence-electron chi connectivity index (χ4n) is 2.86. The Kier molecular flexibility index (Phi) is 4.40. The molecule has 2 rings (SSSR count). The van der Waals surface area contributed by atoms with Gasteiger partial charge in [0.05, 0.1) is 6.10 Å². The smallest absolute Gasteiger partial charge is 0.223 e. The fraction of sp³-hybridized carbons (Fsp3) is 0.923. The predicted octanol–water partition coefficient (Wildman–Crippen LogP) is 1.05. The maximum absolute atomic E-state index is 12.0. The number of hydrogen-bond acceptors (Lipinski definition) is 3. The van der Waals surface area contributed by atoms with E-state index in [4.69, 9.17) is 10.5 Å². The van der Waals surface area contributed by atoms with Gasteiger partial charge in [-0.05, 0) is 51.0 Å². The van der Waals surface area contributed by atoms with Crippen LogP contribution in [0.3, 0.4) is 0 Å². The lowest BCUT2D eigenvalue weighted by atomic mass is 9.81. The number of hydrogen-bond donors (Lipinski definition) is 2. The number of ether oxygens (including phenoxy) is 1. The second kappa shape index (κ2) is 5.83. The van der Waals surface area contributed by atoms with Gasteiger partial charge in [0.2, 0.25) is 5.91 Å². The Bertz CT molecular complexity index is 256. The van der Waals surface area contributed by atoms with E-state index in [2.05, 4.69) is 5.32 Å². The second-order valence-electron chi connectivity index (χ2n) is 5.49. The second-order valence-corrected chi connectivity index (χ2v) is 5.49. The molecule has 0 aromatic rings. The lowest BCUT2D eigenvalue weighted by Gasteiger charge is -2.36. The van der Waals surface area contributed by atoms with Crippen LogP contribution in [0.2, 0.25) is 0 Å². The lowest BCUT2D eigenvalue weighted by molar-refractivity contribution is -0.128. The molecule has 3 N–H and O–H groups in total. The summed E-state index contributed by atoms with van der Waals surface area (Å²) in [5, 5.41) is 3.13. The Morgan fingerprint density at radius 3 is 2.47 bits per heavy atom. The summed E-state index contributed by atoms with van der Waals surface area (Å²) in [6, 6.07) is 0.347. The molecule has 17 heavy (non-hydrogen) atoms. The maximum Gasteiger partial charge on any atom is 0.223 e. The van der Waals surface area contributed by atoms with Crippen molar-refractivity contribution in [3.63, 3.8) is 0 Å². The third-order valence-electron chi connectivity index (χ3n) is 4.33. The van der Waals surface area contributed by atoms with Crippen LogP contribution in [-0.4, -0.2) is 31.7 Å².